The number of hydrogen-bond acceptors (Lipinski definition) is 1. The molecular formula is C23H24O. The lowest BCUT2D eigenvalue weighted by Gasteiger charge is -2.18. The average Bonchev–Trinajstić information content (AvgIpc) is 2.61. The maximum absolute atomic E-state index is 10.5. The first-order chi connectivity index (χ1) is 11.6. The Balaban J connectivity index is 2.22. The van der Waals surface area contributed by atoms with Crippen molar-refractivity contribution < 1.29 is 5.11 Å². The quantitative estimate of drug-likeness (QED) is 0.618. The molecule has 1 heteroatoms. The monoisotopic (exact) mass is 316 g/mol. The van der Waals surface area contributed by atoms with Crippen molar-refractivity contribution >= 4 is 0 Å². The maximum atomic E-state index is 10.5. The minimum Gasteiger partial charge on any atom is -0.388 e. The highest BCUT2D eigenvalue weighted by Gasteiger charge is 2.15. The van der Waals surface area contributed by atoms with Gasteiger partial charge in [-0.1, -0.05) is 67.6 Å². The Kier molecular flexibility index (Phi) is 4.82. The van der Waals surface area contributed by atoms with Gasteiger partial charge in [0.05, 0.1) is 6.10 Å². The molecular weight excluding hydrogens is 292 g/mol. The Morgan fingerprint density at radius 3 is 1.92 bits per heavy atom. The highest BCUT2D eigenvalue weighted by molar-refractivity contribution is 5.78. The standard InChI is InChI=1S/C23H24O/c1-4-23(24)21-14-13-18(19-11-7-5-9-16(19)2)15-22(21)20-12-8-6-10-17(20)3/h5-15,23-24H,4H2,1-3H3/t23-/m0/s1. The van der Waals surface area contributed by atoms with Crippen molar-refractivity contribution in [3.63, 3.8) is 0 Å². The second kappa shape index (κ2) is 7.02. The number of aliphatic hydroxyl groups is 1. The Morgan fingerprint density at radius 2 is 1.33 bits per heavy atom. The molecule has 1 nitrogen and oxygen atoms in total. The zero-order valence-electron chi connectivity index (χ0n) is 14.6. The fourth-order valence-electron chi connectivity index (χ4n) is 3.24. The molecule has 0 saturated carbocycles. The van der Waals surface area contributed by atoms with E-state index in [9.17, 15) is 5.11 Å². The van der Waals surface area contributed by atoms with Crippen molar-refractivity contribution in [3.8, 4) is 22.3 Å². The van der Waals surface area contributed by atoms with Gasteiger partial charge in [0, 0.05) is 0 Å². The predicted molar refractivity (Wildman–Crippen MR) is 102 cm³/mol. The van der Waals surface area contributed by atoms with Crippen molar-refractivity contribution in [3.05, 3.63) is 83.4 Å². The lowest BCUT2D eigenvalue weighted by atomic mass is 9.89. The zero-order valence-corrected chi connectivity index (χ0v) is 14.6. The molecule has 0 fully saturated rings. The summed E-state index contributed by atoms with van der Waals surface area (Å²) in [7, 11) is 0. The normalized spacial score (nSPS) is 12.2. The van der Waals surface area contributed by atoms with E-state index in [4.69, 9.17) is 0 Å². The molecule has 0 spiro atoms. The van der Waals surface area contributed by atoms with Crippen LogP contribution in [0.4, 0.5) is 0 Å². The van der Waals surface area contributed by atoms with E-state index in [1.807, 2.05) is 6.92 Å². The molecule has 1 N–H and O–H groups in total. The van der Waals surface area contributed by atoms with Crippen LogP contribution in [0.15, 0.2) is 66.7 Å². The van der Waals surface area contributed by atoms with Gasteiger partial charge in [-0.15, -0.1) is 0 Å². The lowest BCUT2D eigenvalue weighted by Crippen LogP contribution is -2.00. The summed E-state index contributed by atoms with van der Waals surface area (Å²) in [5.74, 6) is 0. The van der Waals surface area contributed by atoms with Gasteiger partial charge >= 0.3 is 0 Å². The molecule has 0 saturated heterocycles. The van der Waals surface area contributed by atoms with Gasteiger partial charge in [0.25, 0.3) is 0 Å². The number of rotatable bonds is 4. The molecule has 0 aliphatic rings. The maximum Gasteiger partial charge on any atom is 0.0793 e. The van der Waals surface area contributed by atoms with Crippen LogP contribution in [-0.2, 0) is 0 Å². The van der Waals surface area contributed by atoms with Crippen molar-refractivity contribution in [2.75, 3.05) is 0 Å². The van der Waals surface area contributed by atoms with E-state index in [2.05, 4.69) is 80.6 Å². The summed E-state index contributed by atoms with van der Waals surface area (Å²) in [5, 5.41) is 10.5. The van der Waals surface area contributed by atoms with E-state index in [1.54, 1.807) is 0 Å². The van der Waals surface area contributed by atoms with E-state index in [0.717, 1.165) is 11.1 Å². The minimum absolute atomic E-state index is 0.439. The molecule has 3 rings (SSSR count). The molecule has 24 heavy (non-hydrogen) atoms. The SMILES string of the molecule is CC[C@H](O)c1ccc(-c2ccccc2C)cc1-c1ccccc1C. The average molecular weight is 316 g/mol. The van der Waals surface area contributed by atoms with Crippen molar-refractivity contribution in [2.45, 2.75) is 33.3 Å². The lowest BCUT2D eigenvalue weighted by molar-refractivity contribution is 0.174. The minimum atomic E-state index is -0.439. The first kappa shape index (κ1) is 16.5. The third-order valence-electron chi connectivity index (χ3n) is 4.69. The summed E-state index contributed by atoms with van der Waals surface area (Å²) >= 11 is 0. The van der Waals surface area contributed by atoms with Crippen molar-refractivity contribution in [1.82, 2.24) is 0 Å². The molecule has 1 atom stereocenters. The van der Waals surface area contributed by atoms with Gasteiger partial charge in [-0.2, -0.15) is 0 Å². The molecule has 0 heterocycles. The van der Waals surface area contributed by atoms with E-state index >= 15 is 0 Å². The first-order valence-corrected chi connectivity index (χ1v) is 8.55. The molecule has 0 aliphatic carbocycles. The smallest absolute Gasteiger partial charge is 0.0793 e. The van der Waals surface area contributed by atoms with Gasteiger partial charge in [0.15, 0.2) is 0 Å². The van der Waals surface area contributed by atoms with Crippen LogP contribution in [0.25, 0.3) is 22.3 Å². The largest absolute Gasteiger partial charge is 0.388 e. The fourth-order valence-corrected chi connectivity index (χ4v) is 3.24. The van der Waals surface area contributed by atoms with Gasteiger partial charge in [-0.25, -0.2) is 0 Å². The fraction of sp³-hybridized carbons (Fsp3) is 0.217. The van der Waals surface area contributed by atoms with Gasteiger partial charge in [-0.3, -0.25) is 0 Å². The first-order valence-electron chi connectivity index (χ1n) is 8.55. The number of benzene rings is 3. The molecule has 3 aromatic rings. The van der Waals surface area contributed by atoms with Crippen LogP contribution in [0.2, 0.25) is 0 Å². The number of aryl methyl sites for hydroxylation is 2. The predicted octanol–water partition coefficient (Wildman–Crippen LogP) is 6.08. The summed E-state index contributed by atoms with van der Waals surface area (Å²) in [5.41, 5.74) is 8.24. The number of aliphatic hydroxyl groups excluding tert-OH is 1. The van der Waals surface area contributed by atoms with E-state index in [1.165, 1.54) is 27.8 Å². The second-order valence-electron chi connectivity index (χ2n) is 6.36. The van der Waals surface area contributed by atoms with Crippen LogP contribution >= 0.6 is 0 Å². The van der Waals surface area contributed by atoms with Crippen molar-refractivity contribution in [1.29, 1.82) is 0 Å². The number of hydrogen-bond donors (Lipinski definition) is 1. The van der Waals surface area contributed by atoms with E-state index in [-0.39, 0.29) is 0 Å². The zero-order chi connectivity index (χ0) is 17.1. The summed E-state index contributed by atoms with van der Waals surface area (Å²) in [6.07, 6.45) is 0.272. The van der Waals surface area contributed by atoms with Gasteiger partial charge in [-0.05, 0) is 65.3 Å². The Labute approximate surface area is 144 Å². The molecule has 0 aromatic heterocycles. The molecule has 122 valence electrons. The molecule has 0 amide bonds. The third-order valence-corrected chi connectivity index (χ3v) is 4.69. The van der Waals surface area contributed by atoms with E-state index in [0.29, 0.717) is 6.42 Å². The van der Waals surface area contributed by atoms with Crippen LogP contribution in [0.5, 0.6) is 0 Å². The molecule has 0 aliphatic heterocycles. The topological polar surface area (TPSA) is 20.2 Å². The van der Waals surface area contributed by atoms with Gasteiger partial charge in [0.1, 0.15) is 0 Å². The van der Waals surface area contributed by atoms with Crippen LogP contribution in [0, 0.1) is 13.8 Å². The van der Waals surface area contributed by atoms with Crippen LogP contribution in [0.1, 0.15) is 36.1 Å². The summed E-state index contributed by atoms with van der Waals surface area (Å²) in [6, 6.07) is 23.2. The van der Waals surface area contributed by atoms with Gasteiger partial charge in [0.2, 0.25) is 0 Å². The van der Waals surface area contributed by atoms with Crippen LogP contribution in [0.3, 0.4) is 0 Å². The second-order valence-corrected chi connectivity index (χ2v) is 6.36. The van der Waals surface area contributed by atoms with Crippen LogP contribution < -0.4 is 0 Å². The highest BCUT2D eigenvalue weighted by Crippen LogP contribution is 2.36. The molecule has 0 unspecified atom stereocenters. The Bertz CT molecular complexity index is 848. The van der Waals surface area contributed by atoms with E-state index < -0.39 is 6.10 Å². The van der Waals surface area contributed by atoms with Crippen molar-refractivity contribution in [2.24, 2.45) is 0 Å². The summed E-state index contributed by atoms with van der Waals surface area (Å²) < 4.78 is 0. The van der Waals surface area contributed by atoms with Gasteiger partial charge < -0.3 is 5.11 Å². The summed E-state index contributed by atoms with van der Waals surface area (Å²) in [4.78, 5) is 0. The Morgan fingerprint density at radius 1 is 0.750 bits per heavy atom. The molecule has 0 bridgehead atoms. The molecule has 0 radical (unpaired) electrons. The summed E-state index contributed by atoms with van der Waals surface area (Å²) in [6.45, 7) is 6.27. The molecule has 3 aromatic carbocycles. The third kappa shape index (κ3) is 3.13. The Hall–Kier alpha value is -2.38. The highest BCUT2D eigenvalue weighted by atomic mass is 16.3. The van der Waals surface area contributed by atoms with Crippen LogP contribution in [-0.4, -0.2) is 5.11 Å².